The van der Waals surface area contributed by atoms with Crippen LogP contribution in [0.3, 0.4) is 0 Å². The zero-order valence-electron chi connectivity index (χ0n) is 23.8. The van der Waals surface area contributed by atoms with Gasteiger partial charge in [0, 0.05) is 0 Å². The van der Waals surface area contributed by atoms with Crippen LogP contribution < -0.4 is 4.52 Å². The maximum absolute atomic E-state index is 6.21. The molecule has 1 rings (SSSR count). The van der Waals surface area contributed by atoms with Crippen molar-refractivity contribution in [1.29, 1.82) is 0 Å². The fourth-order valence-electron chi connectivity index (χ4n) is 4.83. The lowest BCUT2D eigenvalue weighted by Crippen LogP contribution is -1.99. The van der Waals surface area contributed by atoms with Crippen LogP contribution in [0.1, 0.15) is 160 Å². The van der Waals surface area contributed by atoms with Gasteiger partial charge < -0.3 is 9.05 Å². The normalized spacial score (nSPS) is 11.6. The molecule has 1 aromatic rings. The molecule has 0 saturated carbocycles. The maximum atomic E-state index is 6.21. The molecule has 35 heavy (non-hydrogen) atoms. The average Bonchev–Trinajstić information content (AvgIpc) is 2.87. The molecule has 0 aliphatic heterocycles. The van der Waals surface area contributed by atoms with E-state index in [0.29, 0.717) is 0 Å². The highest BCUT2D eigenvalue weighted by Gasteiger charge is 2.10. The van der Waals surface area contributed by atoms with Crippen molar-refractivity contribution in [2.45, 2.75) is 162 Å². The molecule has 0 aromatic heterocycles. The summed E-state index contributed by atoms with van der Waals surface area (Å²) in [5.74, 6) is 1.08. The van der Waals surface area contributed by atoms with E-state index in [0.717, 1.165) is 25.2 Å². The number of aryl methyl sites for hydroxylation is 1. The van der Waals surface area contributed by atoms with Crippen LogP contribution >= 0.6 is 9.03 Å². The predicted molar refractivity (Wildman–Crippen MR) is 158 cm³/mol. The molecule has 0 aliphatic rings. The molecule has 1 atom stereocenters. The van der Waals surface area contributed by atoms with Gasteiger partial charge in [-0.2, -0.15) is 0 Å². The summed E-state index contributed by atoms with van der Waals surface area (Å²) < 4.78 is 12.1. The summed E-state index contributed by atoms with van der Waals surface area (Å²) in [7, 11) is 0.122. The van der Waals surface area contributed by atoms with E-state index in [1.165, 1.54) is 140 Å². The Bertz CT molecular complexity index is 575. The largest absolute Gasteiger partial charge is 0.449 e. The van der Waals surface area contributed by atoms with Gasteiger partial charge in [0.15, 0.2) is 0 Å². The van der Waals surface area contributed by atoms with Gasteiger partial charge >= 0.3 is 0 Å². The highest BCUT2D eigenvalue weighted by Crippen LogP contribution is 2.31. The van der Waals surface area contributed by atoms with Crippen molar-refractivity contribution in [3.63, 3.8) is 0 Å². The van der Waals surface area contributed by atoms with Gasteiger partial charge in [0.25, 0.3) is 0 Å². The molecule has 204 valence electrons. The van der Waals surface area contributed by atoms with Crippen LogP contribution in [0.4, 0.5) is 0 Å². The van der Waals surface area contributed by atoms with E-state index in [9.17, 15) is 0 Å². The monoisotopic (exact) mass is 506 g/mol. The fraction of sp³-hybridized carbons (Fsp3) is 0.812. The van der Waals surface area contributed by atoms with E-state index in [2.05, 4.69) is 39.0 Å². The molecule has 2 nitrogen and oxygen atoms in total. The van der Waals surface area contributed by atoms with Crippen molar-refractivity contribution in [1.82, 2.24) is 0 Å². The Labute approximate surface area is 221 Å². The first-order chi connectivity index (χ1) is 17.3. The van der Waals surface area contributed by atoms with Crippen LogP contribution in [0.15, 0.2) is 18.2 Å². The first kappa shape index (κ1) is 32.4. The van der Waals surface area contributed by atoms with Crippen molar-refractivity contribution < 1.29 is 9.05 Å². The van der Waals surface area contributed by atoms with Crippen molar-refractivity contribution >= 4 is 9.03 Å². The molecule has 0 N–H and O–H groups in total. The molecule has 0 bridgehead atoms. The van der Waals surface area contributed by atoms with Crippen molar-refractivity contribution in [2.75, 3.05) is 6.61 Å². The molecule has 1 unspecified atom stereocenters. The molecule has 0 radical (unpaired) electrons. The van der Waals surface area contributed by atoms with Gasteiger partial charge in [-0.15, -0.1) is 0 Å². The molecule has 0 saturated heterocycles. The van der Waals surface area contributed by atoms with E-state index in [-0.39, 0.29) is 9.03 Å². The van der Waals surface area contributed by atoms with E-state index >= 15 is 0 Å². The molecule has 0 aliphatic carbocycles. The highest BCUT2D eigenvalue weighted by molar-refractivity contribution is 7.26. The second-order valence-electron chi connectivity index (χ2n) is 10.4. The zero-order valence-corrected chi connectivity index (χ0v) is 24.8. The average molecular weight is 507 g/mol. The number of hydrogen-bond donors (Lipinski definition) is 0. The van der Waals surface area contributed by atoms with Crippen LogP contribution in [0.5, 0.6) is 5.75 Å². The number of hydrogen-bond acceptors (Lipinski definition) is 2. The third kappa shape index (κ3) is 18.3. The van der Waals surface area contributed by atoms with Gasteiger partial charge in [0.1, 0.15) is 5.75 Å². The van der Waals surface area contributed by atoms with Crippen LogP contribution in [0.2, 0.25) is 0 Å². The Hall–Kier alpha value is -0.590. The Balaban J connectivity index is 2.47. The fourth-order valence-corrected chi connectivity index (χ4v) is 5.39. The minimum absolute atomic E-state index is 0.122. The molecule has 0 heterocycles. The molecular weight excluding hydrogens is 447 g/mol. The van der Waals surface area contributed by atoms with Crippen LogP contribution in [0, 0.1) is 0 Å². The highest BCUT2D eigenvalue weighted by atomic mass is 31.1. The van der Waals surface area contributed by atoms with E-state index in [4.69, 9.17) is 9.05 Å². The lowest BCUT2D eigenvalue weighted by Gasteiger charge is -2.16. The van der Waals surface area contributed by atoms with Crippen molar-refractivity contribution in [3.05, 3.63) is 29.3 Å². The summed E-state index contributed by atoms with van der Waals surface area (Å²) in [4.78, 5) is 0. The topological polar surface area (TPSA) is 18.5 Å². The third-order valence-electron chi connectivity index (χ3n) is 7.12. The second kappa shape index (κ2) is 25.1. The van der Waals surface area contributed by atoms with Gasteiger partial charge in [-0.3, -0.25) is 0 Å². The standard InChI is InChI=1S/C32H59O2P/c1-4-7-10-13-16-18-21-25-30-26-24-28-32(31(30)27-22-19-17-14-11-8-5-2)34-35-33-29-23-20-15-12-9-6-3/h24,26,28,35H,4-23,25,27,29H2,1-3H3. The Kier molecular flexibility index (Phi) is 23.2. The summed E-state index contributed by atoms with van der Waals surface area (Å²) in [6.07, 6.45) is 29.2. The summed E-state index contributed by atoms with van der Waals surface area (Å²) in [5, 5.41) is 0. The quantitative estimate of drug-likeness (QED) is 0.0918. The van der Waals surface area contributed by atoms with Crippen molar-refractivity contribution in [3.8, 4) is 5.75 Å². The third-order valence-corrected chi connectivity index (χ3v) is 7.75. The van der Waals surface area contributed by atoms with Crippen LogP contribution in [-0.2, 0) is 17.4 Å². The van der Waals surface area contributed by atoms with Gasteiger partial charge in [-0.05, 0) is 49.3 Å². The molecule has 3 heteroatoms. The first-order valence-electron chi connectivity index (χ1n) is 15.5. The lowest BCUT2D eigenvalue weighted by atomic mass is 9.95. The second-order valence-corrected chi connectivity index (χ2v) is 11.1. The molecule has 1 aromatic carbocycles. The number of unbranched alkanes of at least 4 members (excludes halogenated alkanes) is 17. The Morgan fingerprint density at radius 2 is 1.03 bits per heavy atom. The van der Waals surface area contributed by atoms with Crippen LogP contribution in [0.25, 0.3) is 0 Å². The van der Waals surface area contributed by atoms with Crippen molar-refractivity contribution in [2.24, 2.45) is 0 Å². The smallest absolute Gasteiger partial charge is 0.215 e. The van der Waals surface area contributed by atoms with Gasteiger partial charge in [-0.1, -0.05) is 142 Å². The predicted octanol–water partition coefficient (Wildman–Crippen LogP) is 11.5. The van der Waals surface area contributed by atoms with Gasteiger partial charge in [0.2, 0.25) is 9.03 Å². The summed E-state index contributed by atoms with van der Waals surface area (Å²) >= 11 is 0. The van der Waals surface area contributed by atoms with Crippen LogP contribution in [-0.4, -0.2) is 6.61 Å². The number of benzene rings is 1. The minimum Gasteiger partial charge on any atom is -0.449 e. The lowest BCUT2D eigenvalue weighted by molar-refractivity contribution is 0.315. The van der Waals surface area contributed by atoms with Gasteiger partial charge in [-0.25, -0.2) is 0 Å². The molecule has 0 amide bonds. The summed E-state index contributed by atoms with van der Waals surface area (Å²) in [5.41, 5.74) is 2.98. The summed E-state index contributed by atoms with van der Waals surface area (Å²) in [6, 6.07) is 6.71. The molecule has 0 spiro atoms. The summed E-state index contributed by atoms with van der Waals surface area (Å²) in [6.45, 7) is 7.69. The Morgan fingerprint density at radius 3 is 1.60 bits per heavy atom. The molecular formula is C32H59O2P. The first-order valence-corrected chi connectivity index (χ1v) is 16.3. The van der Waals surface area contributed by atoms with E-state index in [1.807, 2.05) is 0 Å². The maximum Gasteiger partial charge on any atom is 0.215 e. The SMILES string of the molecule is CCCCCCCCCc1cccc(OPOCCCCCCCC)c1CCCCCCCCC. The van der Waals surface area contributed by atoms with E-state index < -0.39 is 0 Å². The zero-order chi connectivity index (χ0) is 25.2. The van der Waals surface area contributed by atoms with E-state index in [1.54, 1.807) is 0 Å². The minimum atomic E-state index is 0.122. The molecule has 0 fully saturated rings. The number of rotatable bonds is 26. The Morgan fingerprint density at radius 1 is 0.543 bits per heavy atom. The van der Waals surface area contributed by atoms with Gasteiger partial charge in [0.05, 0.1) is 6.61 Å².